The van der Waals surface area contributed by atoms with Gasteiger partial charge in [0.25, 0.3) is 0 Å². The molecule has 130 valence electrons. The Hall–Kier alpha value is -2.54. The van der Waals surface area contributed by atoms with Gasteiger partial charge < -0.3 is 4.74 Å². The molecule has 0 saturated heterocycles. The summed E-state index contributed by atoms with van der Waals surface area (Å²) in [4.78, 5) is 0. The van der Waals surface area contributed by atoms with Crippen LogP contribution < -0.4 is 4.74 Å². The molecule has 3 aromatic rings. The molecule has 0 aromatic heterocycles. The lowest BCUT2D eigenvalue weighted by Gasteiger charge is -2.30. The van der Waals surface area contributed by atoms with Crippen LogP contribution in [0.2, 0.25) is 0 Å². The second kappa shape index (κ2) is 6.64. The van der Waals surface area contributed by atoms with Gasteiger partial charge in [-0.1, -0.05) is 79.9 Å². The van der Waals surface area contributed by atoms with Crippen molar-refractivity contribution in [3.63, 3.8) is 0 Å². The molecule has 0 amide bonds. The van der Waals surface area contributed by atoms with E-state index in [4.69, 9.17) is 4.74 Å². The Labute approximate surface area is 155 Å². The molecule has 0 N–H and O–H groups in total. The maximum atomic E-state index is 6.36. The van der Waals surface area contributed by atoms with Gasteiger partial charge in [-0.3, -0.25) is 0 Å². The van der Waals surface area contributed by atoms with E-state index < -0.39 is 0 Å². The molecule has 1 heteroatoms. The zero-order valence-corrected chi connectivity index (χ0v) is 15.0. The third-order valence-electron chi connectivity index (χ3n) is 6.01. The third-order valence-corrected chi connectivity index (χ3v) is 6.01. The van der Waals surface area contributed by atoms with Crippen molar-refractivity contribution in [2.24, 2.45) is 0 Å². The van der Waals surface area contributed by atoms with Gasteiger partial charge in [-0.15, -0.1) is 0 Å². The molecule has 1 aliphatic heterocycles. The largest absolute Gasteiger partial charge is 0.457 e. The fourth-order valence-electron chi connectivity index (χ4n) is 4.67. The van der Waals surface area contributed by atoms with Crippen LogP contribution in [0.15, 0.2) is 72.8 Å². The molecule has 0 bridgehead atoms. The predicted octanol–water partition coefficient (Wildman–Crippen LogP) is 7.02. The van der Waals surface area contributed by atoms with Crippen LogP contribution in [0.3, 0.4) is 0 Å². The predicted molar refractivity (Wildman–Crippen MR) is 106 cm³/mol. The molecule has 0 radical (unpaired) electrons. The molecule has 2 aliphatic rings. The number of benzene rings is 3. The third kappa shape index (κ3) is 2.72. The van der Waals surface area contributed by atoms with Crippen LogP contribution >= 0.6 is 0 Å². The van der Waals surface area contributed by atoms with Crippen LogP contribution in [0.5, 0.6) is 11.5 Å². The SMILES string of the molecule is c1ccc(C2c3ccccc3Oc3cc(C4CCCCC4)ccc32)cc1. The summed E-state index contributed by atoms with van der Waals surface area (Å²) in [6, 6.07) is 26.3. The van der Waals surface area contributed by atoms with Crippen molar-refractivity contribution in [1.82, 2.24) is 0 Å². The van der Waals surface area contributed by atoms with E-state index in [-0.39, 0.29) is 5.92 Å². The van der Waals surface area contributed by atoms with E-state index in [9.17, 15) is 0 Å². The molecule has 1 unspecified atom stereocenters. The quantitative estimate of drug-likeness (QED) is 0.381. The second-order valence-electron chi connectivity index (χ2n) is 7.62. The number of hydrogen-bond acceptors (Lipinski definition) is 1. The highest BCUT2D eigenvalue weighted by molar-refractivity contribution is 5.59. The number of hydrogen-bond donors (Lipinski definition) is 0. The van der Waals surface area contributed by atoms with Crippen LogP contribution in [0.4, 0.5) is 0 Å². The molecule has 1 fully saturated rings. The van der Waals surface area contributed by atoms with Crippen molar-refractivity contribution < 1.29 is 4.74 Å². The van der Waals surface area contributed by atoms with Gasteiger partial charge in [-0.25, -0.2) is 0 Å². The molecule has 1 heterocycles. The van der Waals surface area contributed by atoms with E-state index in [0.29, 0.717) is 5.92 Å². The van der Waals surface area contributed by atoms with E-state index in [0.717, 1.165) is 11.5 Å². The van der Waals surface area contributed by atoms with Gasteiger partial charge in [0.1, 0.15) is 11.5 Å². The summed E-state index contributed by atoms with van der Waals surface area (Å²) in [6.45, 7) is 0. The second-order valence-corrected chi connectivity index (χ2v) is 7.62. The molecule has 1 nitrogen and oxygen atoms in total. The normalized spacial score (nSPS) is 19.3. The molecule has 1 atom stereocenters. The van der Waals surface area contributed by atoms with Gasteiger partial charge in [0.15, 0.2) is 0 Å². The minimum Gasteiger partial charge on any atom is -0.457 e. The van der Waals surface area contributed by atoms with E-state index in [1.165, 1.54) is 54.4 Å². The summed E-state index contributed by atoms with van der Waals surface area (Å²) in [5.41, 5.74) is 5.33. The Morgan fingerprint density at radius 1 is 0.615 bits per heavy atom. The first-order valence-electron chi connectivity index (χ1n) is 9.86. The van der Waals surface area contributed by atoms with Crippen molar-refractivity contribution in [2.75, 3.05) is 0 Å². The van der Waals surface area contributed by atoms with Crippen LogP contribution in [0.25, 0.3) is 0 Å². The van der Waals surface area contributed by atoms with Gasteiger partial charge in [0.05, 0.1) is 0 Å². The Morgan fingerprint density at radius 2 is 1.35 bits per heavy atom. The summed E-state index contributed by atoms with van der Waals surface area (Å²) in [5, 5.41) is 0. The number of rotatable bonds is 2. The van der Waals surface area contributed by atoms with Gasteiger partial charge in [0, 0.05) is 17.0 Å². The Bertz CT molecular complexity index is 906. The van der Waals surface area contributed by atoms with E-state index in [2.05, 4.69) is 72.8 Å². The first-order chi connectivity index (χ1) is 12.9. The minimum absolute atomic E-state index is 0.247. The Kier molecular flexibility index (Phi) is 4.01. The van der Waals surface area contributed by atoms with Crippen molar-refractivity contribution in [3.8, 4) is 11.5 Å². The Balaban J connectivity index is 1.61. The first-order valence-corrected chi connectivity index (χ1v) is 9.86. The van der Waals surface area contributed by atoms with Gasteiger partial charge >= 0.3 is 0 Å². The number of fused-ring (bicyclic) bond motifs is 2. The zero-order valence-electron chi connectivity index (χ0n) is 15.0. The van der Waals surface area contributed by atoms with Crippen LogP contribution in [0.1, 0.15) is 66.2 Å². The fraction of sp³-hybridized carbons (Fsp3) is 0.280. The molecule has 26 heavy (non-hydrogen) atoms. The van der Waals surface area contributed by atoms with Gasteiger partial charge in [-0.2, -0.15) is 0 Å². The average Bonchev–Trinajstić information content (AvgIpc) is 2.73. The molecule has 3 aromatic carbocycles. The summed E-state index contributed by atoms with van der Waals surface area (Å²) < 4.78 is 6.36. The number of ether oxygens (including phenoxy) is 1. The zero-order chi connectivity index (χ0) is 17.3. The molecule has 5 rings (SSSR count). The number of para-hydroxylation sites is 1. The topological polar surface area (TPSA) is 9.23 Å². The van der Waals surface area contributed by atoms with Crippen LogP contribution in [0, 0.1) is 0 Å². The highest BCUT2D eigenvalue weighted by Gasteiger charge is 2.29. The lowest BCUT2D eigenvalue weighted by atomic mass is 9.80. The highest BCUT2D eigenvalue weighted by atomic mass is 16.5. The summed E-state index contributed by atoms with van der Waals surface area (Å²) in [5.74, 6) is 2.98. The lowest BCUT2D eigenvalue weighted by Crippen LogP contribution is -2.12. The molecule has 1 saturated carbocycles. The van der Waals surface area contributed by atoms with Crippen molar-refractivity contribution >= 4 is 0 Å². The smallest absolute Gasteiger partial charge is 0.131 e. The van der Waals surface area contributed by atoms with Crippen molar-refractivity contribution in [2.45, 2.75) is 43.9 Å². The average molecular weight is 340 g/mol. The molecule has 0 spiro atoms. The van der Waals surface area contributed by atoms with Gasteiger partial charge in [-0.05, 0) is 42.0 Å². The van der Waals surface area contributed by atoms with Crippen molar-refractivity contribution in [3.05, 3.63) is 95.1 Å². The lowest BCUT2D eigenvalue weighted by molar-refractivity contribution is 0.433. The van der Waals surface area contributed by atoms with Crippen molar-refractivity contribution in [1.29, 1.82) is 0 Å². The van der Waals surface area contributed by atoms with Crippen LogP contribution in [-0.4, -0.2) is 0 Å². The standard InChI is InChI=1S/C25H24O/c1-3-9-18(10-4-1)20-15-16-22-24(17-20)26-23-14-8-7-13-21(23)25(22)19-11-5-2-6-12-19/h2,5-8,11-18,25H,1,3-4,9-10H2. The maximum Gasteiger partial charge on any atom is 0.131 e. The van der Waals surface area contributed by atoms with Crippen LogP contribution in [-0.2, 0) is 0 Å². The van der Waals surface area contributed by atoms with E-state index in [1.54, 1.807) is 0 Å². The molecular weight excluding hydrogens is 316 g/mol. The Morgan fingerprint density at radius 3 is 2.19 bits per heavy atom. The monoisotopic (exact) mass is 340 g/mol. The molecule has 1 aliphatic carbocycles. The molecular formula is C25H24O. The summed E-state index contributed by atoms with van der Waals surface area (Å²) >= 11 is 0. The van der Waals surface area contributed by atoms with E-state index in [1.807, 2.05) is 0 Å². The minimum atomic E-state index is 0.247. The van der Waals surface area contributed by atoms with Gasteiger partial charge in [0.2, 0.25) is 0 Å². The summed E-state index contributed by atoms with van der Waals surface area (Å²) in [7, 11) is 0. The van der Waals surface area contributed by atoms with E-state index >= 15 is 0 Å². The summed E-state index contributed by atoms with van der Waals surface area (Å²) in [6.07, 6.45) is 6.74. The fourth-order valence-corrected chi connectivity index (χ4v) is 4.67. The highest BCUT2D eigenvalue weighted by Crippen LogP contribution is 2.48. The maximum absolute atomic E-state index is 6.36. The first kappa shape index (κ1) is 15.7.